The summed E-state index contributed by atoms with van der Waals surface area (Å²) in [5.74, 6) is 1.06. The number of rotatable bonds is 5. The summed E-state index contributed by atoms with van der Waals surface area (Å²) >= 11 is 0. The van der Waals surface area contributed by atoms with Crippen molar-refractivity contribution in [1.82, 2.24) is 5.32 Å². The average molecular weight is 219 g/mol. The van der Waals surface area contributed by atoms with Crippen LogP contribution in [-0.2, 0) is 0 Å². The lowest BCUT2D eigenvalue weighted by Gasteiger charge is -2.19. The fourth-order valence-corrected chi connectivity index (χ4v) is 2.33. The van der Waals surface area contributed by atoms with Gasteiger partial charge in [-0.3, -0.25) is 0 Å². The third kappa shape index (κ3) is 2.22. The lowest BCUT2D eigenvalue weighted by Crippen LogP contribution is -2.31. The maximum atomic E-state index is 5.99. The fraction of sp³-hybridized carbons (Fsp3) is 0.571. The van der Waals surface area contributed by atoms with Gasteiger partial charge in [0.1, 0.15) is 11.9 Å². The maximum absolute atomic E-state index is 5.99. The van der Waals surface area contributed by atoms with Crippen molar-refractivity contribution >= 4 is 0 Å². The Morgan fingerprint density at radius 3 is 2.75 bits per heavy atom. The Hall–Kier alpha value is -1.02. The minimum atomic E-state index is 0.314. The zero-order chi connectivity index (χ0) is 11.4. The van der Waals surface area contributed by atoms with Gasteiger partial charge in [-0.2, -0.15) is 0 Å². The van der Waals surface area contributed by atoms with E-state index in [4.69, 9.17) is 4.74 Å². The number of ether oxygens (including phenoxy) is 1. The summed E-state index contributed by atoms with van der Waals surface area (Å²) < 4.78 is 5.99. The first-order valence-electron chi connectivity index (χ1n) is 6.35. The number of benzene rings is 1. The summed E-state index contributed by atoms with van der Waals surface area (Å²) in [6.45, 7) is 5.47. The van der Waals surface area contributed by atoms with Crippen molar-refractivity contribution in [3.05, 3.63) is 29.8 Å². The van der Waals surface area contributed by atoms with E-state index in [1.54, 1.807) is 0 Å². The van der Waals surface area contributed by atoms with E-state index in [2.05, 4.69) is 37.4 Å². The summed E-state index contributed by atoms with van der Waals surface area (Å²) in [6.07, 6.45) is 3.77. The van der Waals surface area contributed by atoms with Crippen molar-refractivity contribution in [1.29, 1.82) is 0 Å². The van der Waals surface area contributed by atoms with Gasteiger partial charge < -0.3 is 10.1 Å². The molecule has 0 aliphatic carbocycles. The van der Waals surface area contributed by atoms with E-state index < -0.39 is 0 Å². The first-order chi connectivity index (χ1) is 7.86. The van der Waals surface area contributed by atoms with Gasteiger partial charge in [0.25, 0.3) is 0 Å². The monoisotopic (exact) mass is 219 g/mol. The zero-order valence-electron chi connectivity index (χ0n) is 10.2. The Kier molecular flexibility index (Phi) is 3.83. The van der Waals surface area contributed by atoms with Gasteiger partial charge in [0.05, 0.1) is 6.04 Å². The highest BCUT2D eigenvalue weighted by Crippen LogP contribution is 2.37. The zero-order valence-corrected chi connectivity index (χ0v) is 10.2. The van der Waals surface area contributed by atoms with E-state index in [0.29, 0.717) is 12.1 Å². The molecular weight excluding hydrogens is 198 g/mol. The lowest BCUT2D eigenvalue weighted by atomic mass is 10.0. The summed E-state index contributed by atoms with van der Waals surface area (Å²) in [4.78, 5) is 0. The van der Waals surface area contributed by atoms with Crippen LogP contribution in [0.4, 0.5) is 0 Å². The highest BCUT2D eigenvalue weighted by molar-refractivity contribution is 5.40. The van der Waals surface area contributed by atoms with Gasteiger partial charge in [-0.15, -0.1) is 0 Å². The van der Waals surface area contributed by atoms with E-state index in [-0.39, 0.29) is 0 Å². The van der Waals surface area contributed by atoms with Crippen LogP contribution in [-0.4, -0.2) is 12.6 Å². The lowest BCUT2D eigenvalue weighted by molar-refractivity contribution is 0.178. The summed E-state index contributed by atoms with van der Waals surface area (Å²) in [5.41, 5.74) is 1.33. The van der Waals surface area contributed by atoms with Crippen LogP contribution in [0.15, 0.2) is 24.3 Å². The van der Waals surface area contributed by atoms with Crippen LogP contribution < -0.4 is 10.1 Å². The second-order valence-electron chi connectivity index (χ2n) is 4.41. The van der Waals surface area contributed by atoms with E-state index in [9.17, 15) is 0 Å². The molecule has 0 aromatic heterocycles. The third-order valence-corrected chi connectivity index (χ3v) is 3.09. The fourth-order valence-electron chi connectivity index (χ4n) is 2.33. The topological polar surface area (TPSA) is 21.3 Å². The number of para-hydroxylation sites is 1. The quantitative estimate of drug-likeness (QED) is 0.820. The highest BCUT2D eigenvalue weighted by atomic mass is 16.5. The number of hydrogen-bond donors (Lipinski definition) is 1. The van der Waals surface area contributed by atoms with Crippen molar-refractivity contribution in [3.63, 3.8) is 0 Å². The molecule has 0 spiro atoms. The molecule has 2 atom stereocenters. The number of fused-ring (bicyclic) bond motifs is 1. The molecule has 2 nitrogen and oxygen atoms in total. The van der Waals surface area contributed by atoms with Crippen molar-refractivity contribution < 1.29 is 4.74 Å². The van der Waals surface area contributed by atoms with Crippen molar-refractivity contribution in [2.24, 2.45) is 0 Å². The van der Waals surface area contributed by atoms with Crippen LogP contribution in [0.1, 0.15) is 44.7 Å². The minimum Gasteiger partial charge on any atom is -0.488 e. The number of hydrogen-bond acceptors (Lipinski definition) is 2. The van der Waals surface area contributed by atoms with Crippen LogP contribution in [0.25, 0.3) is 0 Å². The Labute approximate surface area is 98.0 Å². The normalized spacial score (nSPS) is 22.9. The van der Waals surface area contributed by atoms with Gasteiger partial charge in [0.15, 0.2) is 0 Å². The summed E-state index contributed by atoms with van der Waals surface area (Å²) in [5, 5.41) is 3.60. The molecule has 1 heterocycles. The second-order valence-corrected chi connectivity index (χ2v) is 4.41. The van der Waals surface area contributed by atoms with Crippen molar-refractivity contribution in [2.45, 2.75) is 45.3 Å². The summed E-state index contributed by atoms with van der Waals surface area (Å²) in [7, 11) is 0. The molecular formula is C14H21NO. The van der Waals surface area contributed by atoms with Crippen LogP contribution in [0.3, 0.4) is 0 Å². The molecule has 2 unspecified atom stereocenters. The van der Waals surface area contributed by atoms with Gasteiger partial charge in [0.2, 0.25) is 0 Å². The molecule has 1 aliphatic rings. The van der Waals surface area contributed by atoms with E-state index >= 15 is 0 Å². The van der Waals surface area contributed by atoms with Crippen LogP contribution in [0.5, 0.6) is 5.75 Å². The molecule has 0 fully saturated rings. The second kappa shape index (κ2) is 5.35. The van der Waals surface area contributed by atoms with Crippen LogP contribution in [0, 0.1) is 0 Å². The van der Waals surface area contributed by atoms with Gasteiger partial charge in [-0.1, -0.05) is 38.5 Å². The van der Waals surface area contributed by atoms with Gasteiger partial charge in [0, 0.05) is 5.56 Å². The third-order valence-electron chi connectivity index (χ3n) is 3.09. The molecule has 1 aromatic rings. The molecule has 0 saturated heterocycles. The summed E-state index contributed by atoms with van der Waals surface area (Å²) in [6, 6.07) is 8.78. The molecule has 16 heavy (non-hydrogen) atoms. The van der Waals surface area contributed by atoms with Gasteiger partial charge in [-0.05, 0) is 25.5 Å². The van der Waals surface area contributed by atoms with Crippen molar-refractivity contribution in [2.75, 3.05) is 6.54 Å². The molecule has 2 rings (SSSR count). The number of nitrogens with one attached hydrogen (secondary N) is 1. The molecule has 0 saturated carbocycles. The Balaban J connectivity index is 2.14. The van der Waals surface area contributed by atoms with E-state index in [1.165, 1.54) is 12.0 Å². The largest absolute Gasteiger partial charge is 0.488 e. The highest BCUT2D eigenvalue weighted by Gasteiger charge is 2.32. The maximum Gasteiger partial charge on any atom is 0.124 e. The van der Waals surface area contributed by atoms with Gasteiger partial charge in [-0.25, -0.2) is 0 Å². The molecule has 1 aliphatic heterocycles. The first-order valence-corrected chi connectivity index (χ1v) is 6.35. The average Bonchev–Trinajstić information content (AvgIpc) is 2.65. The molecule has 1 N–H and O–H groups in total. The smallest absolute Gasteiger partial charge is 0.124 e. The Morgan fingerprint density at radius 2 is 2.00 bits per heavy atom. The van der Waals surface area contributed by atoms with Gasteiger partial charge >= 0.3 is 0 Å². The molecule has 88 valence electrons. The van der Waals surface area contributed by atoms with E-state index in [1.807, 2.05) is 6.07 Å². The molecule has 1 aromatic carbocycles. The van der Waals surface area contributed by atoms with E-state index in [0.717, 1.165) is 25.1 Å². The standard InChI is InChI=1S/C14H21NO/c1-3-7-13-14(15-10-4-2)11-8-5-6-9-12(11)16-13/h5-6,8-9,13-15H,3-4,7,10H2,1-2H3. The Morgan fingerprint density at radius 1 is 1.19 bits per heavy atom. The molecule has 0 radical (unpaired) electrons. The van der Waals surface area contributed by atoms with Crippen molar-refractivity contribution in [3.8, 4) is 5.75 Å². The van der Waals surface area contributed by atoms with Crippen LogP contribution >= 0.6 is 0 Å². The molecule has 0 amide bonds. The Bertz CT molecular complexity index is 337. The minimum absolute atomic E-state index is 0.314. The van der Waals surface area contributed by atoms with Crippen LogP contribution in [0.2, 0.25) is 0 Å². The predicted octanol–water partition coefficient (Wildman–Crippen LogP) is 3.29. The molecule has 0 bridgehead atoms. The first kappa shape index (κ1) is 11.5. The SMILES string of the molecule is CCCNC1c2ccccc2OC1CCC. The molecule has 2 heteroatoms. The predicted molar refractivity (Wildman–Crippen MR) is 66.8 cm³/mol.